The molecule has 1 unspecified atom stereocenters. The number of aryl methyl sites for hydroxylation is 1. The Labute approximate surface area is 130 Å². The highest BCUT2D eigenvalue weighted by Gasteiger charge is 2.18. The van der Waals surface area contributed by atoms with E-state index in [4.69, 9.17) is 4.74 Å². The van der Waals surface area contributed by atoms with Gasteiger partial charge in [-0.15, -0.1) is 0 Å². The van der Waals surface area contributed by atoms with Crippen molar-refractivity contribution in [2.45, 2.75) is 26.2 Å². The molecule has 1 atom stereocenters. The van der Waals surface area contributed by atoms with Gasteiger partial charge < -0.3 is 15.4 Å². The number of benzene rings is 1. The van der Waals surface area contributed by atoms with E-state index in [1.54, 1.807) is 6.07 Å². The fourth-order valence-electron chi connectivity index (χ4n) is 2.44. The lowest BCUT2D eigenvalue weighted by molar-refractivity contribution is -0.136. The SMILES string of the molecule is COc1cc(C)ccc1NC(=O)C(=O)NCC1CC=CCC1. The van der Waals surface area contributed by atoms with Crippen molar-refractivity contribution in [3.05, 3.63) is 35.9 Å². The number of ether oxygens (including phenoxy) is 1. The zero-order chi connectivity index (χ0) is 15.9. The average molecular weight is 302 g/mol. The number of hydrogen-bond donors (Lipinski definition) is 2. The third-order valence-corrected chi connectivity index (χ3v) is 3.74. The van der Waals surface area contributed by atoms with Crippen molar-refractivity contribution in [1.29, 1.82) is 0 Å². The highest BCUT2D eigenvalue weighted by atomic mass is 16.5. The van der Waals surface area contributed by atoms with Crippen LogP contribution < -0.4 is 15.4 Å². The number of amides is 2. The summed E-state index contributed by atoms with van der Waals surface area (Å²) in [7, 11) is 1.53. The van der Waals surface area contributed by atoms with Crippen molar-refractivity contribution in [2.24, 2.45) is 5.92 Å². The summed E-state index contributed by atoms with van der Waals surface area (Å²) in [6, 6.07) is 5.39. The van der Waals surface area contributed by atoms with Crippen molar-refractivity contribution in [1.82, 2.24) is 5.32 Å². The van der Waals surface area contributed by atoms with Crippen LogP contribution in [0.2, 0.25) is 0 Å². The van der Waals surface area contributed by atoms with Crippen molar-refractivity contribution in [3.8, 4) is 5.75 Å². The number of methoxy groups -OCH3 is 1. The summed E-state index contributed by atoms with van der Waals surface area (Å²) >= 11 is 0. The topological polar surface area (TPSA) is 67.4 Å². The van der Waals surface area contributed by atoms with Gasteiger partial charge in [0, 0.05) is 6.54 Å². The maximum absolute atomic E-state index is 11.9. The number of nitrogens with one attached hydrogen (secondary N) is 2. The van der Waals surface area contributed by atoms with Crippen LogP contribution in [0, 0.1) is 12.8 Å². The fourth-order valence-corrected chi connectivity index (χ4v) is 2.44. The normalized spacial score (nSPS) is 16.9. The van der Waals surface area contributed by atoms with E-state index >= 15 is 0 Å². The molecule has 1 aromatic carbocycles. The highest BCUT2D eigenvalue weighted by Crippen LogP contribution is 2.25. The molecule has 5 heteroatoms. The van der Waals surface area contributed by atoms with Crippen LogP contribution in [0.25, 0.3) is 0 Å². The number of carbonyl (C=O) groups excluding carboxylic acids is 2. The Morgan fingerprint density at radius 2 is 2.09 bits per heavy atom. The third-order valence-electron chi connectivity index (χ3n) is 3.74. The van der Waals surface area contributed by atoms with Gasteiger partial charge in [-0.05, 0) is 49.8 Å². The van der Waals surface area contributed by atoms with E-state index in [-0.39, 0.29) is 0 Å². The molecule has 0 saturated carbocycles. The van der Waals surface area contributed by atoms with Crippen LogP contribution in [0.5, 0.6) is 5.75 Å². The molecular weight excluding hydrogens is 280 g/mol. The van der Waals surface area contributed by atoms with Crippen LogP contribution in [-0.2, 0) is 9.59 Å². The second kappa shape index (κ2) is 7.64. The molecule has 2 N–H and O–H groups in total. The standard InChI is InChI=1S/C17H22N2O3/c1-12-8-9-14(15(10-12)22-2)19-17(21)16(20)18-11-13-6-4-3-5-7-13/h3-4,8-10,13H,5-7,11H2,1-2H3,(H,18,20)(H,19,21). The lowest BCUT2D eigenvalue weighted by atomic mass is 9.94. The molecule has 2 rings (SSSR count). The van der Waals surface area contributed by atoms with Crippen molar-refractivity contribution < 1.29 is 14.3 Å². The summed E-state index contributed by atoms with van der Waals surface area (Å²) in [5.74, 6) is -0.333. The number of carbonyl (C=O) groups is 2. The third kappa shape index (κ3) is 4.35. The van der Waals surface area contributed by atoms with Crippen LogP contribution in [-0.4, -0.2) is 25.5 Å². The summed E-state index contributed by atoms with van der Waals surface area (Å²) in [6.07, 6.45) is 7.30. The average Bonchev–Trinajstić information content (AvgIpc) is 2.55. The second-order valence-electron chi connectivity index (χ2n) is 5.52. The zero-order valence-electron chi connectivity index (χ0n) is 13.0. The first kappa shape index (κ1) is 16.1. The quantitative estimate of drug-likeness (QED) is 0.663. The Morgan fingerprint density at radius 1 is 1.27 bits per heavy atom. The van der Waals surface area contributed by atoms with E-state index in [0.29, 0.717) is 23.9 Å². The van der Waals surface area contributed by atoms with Crippen LogP contribution in [0.4, 0.5) is 5.69 Å². The van der Waals surface area contributed by atoms with Crippen LogP contribution in [0.1, 0.15) is 24.8 Å². The second-order valence-corrected chi connectivity index (χ2v) is 5.52. The maximum atomic E-state index is 11.9. The molecule has 118 valence electrons. The van der Waals surface area contributed by atoms with Crippen molar-refractivity contribution >= 4 is 17.5 Å². The van der Waals surface area contributed by atoms with Crippen LogP contribution in [0.3, 0.4) is 0 Å². The molecule has 5 nitrogen and oxygen atoms in total. The van der Waals surface area contributed by atoms with Gasteiger partial charge in [-0.3, -0.25) is 9.59 Å². The predicted octanol–water partition coefficient (Wildman–Crippen LogP) is 2.41. The highest BCUT2D eigenvalue weighted by molar-refractivity contribution is 6.39. The maximum Gasteiger partial charge on any atom is 0.313 e. The first-order valence-electron chi connectivity index (χ1n) is 7.49. The number of hydrogen-bond acceptors (Lipinski definition) is 3. The van der Waals surface area contributed by atoms with Gasteiger partial charge in [0.1, 0.15) is 5.75 Å². The van der Waals surface area contributed by atoms with E-state index < -0.39 is 11.8 Å². The molecule has 2 amide bonds. The van der Waals surface area contributed by atoms with Gasteiger partial charge in [0.15, 0.2) is 0 Å². The zero-order valence-corrected chi connectivity index (χ0v) is 13.0. The van der Waals surface area contributed by atoms with Gasteiger partial charge in [0.05, 0.1) is 12.8 Å². The molecular formula is C17H22N2O3. The minimum atomic E-state index is -0.673. The van der Waals surface area contributed by atoms with Gasteiger partial charge in [-0.1, -0.05) is 18.2 Å². The van der Waals surface area contributed by atoms with E-state index in [1.165, 1.54) is 7.11 Å². The van der Waals surface area contributed by atoms with Crippen LogP contribution in [0.15, 0.2) is 30.4 Å². The van der Waals surface area contributed by atoms with Gasteiger partial charge in [-0.2, -0.15) is 0 Å². The number of anilines is 1. The van der Waals surface area contributed by atoms with E-state index in [1.807, 2.05) is 19.1 Å². The molecule has 0 aromatic heterocycles. The summed E-state index contributed by atoms with van der Waals surface area (Å²) in [6.45, 7) is 2.46. The largest absolute Gasteiger partial charge is 0.495 e. The monoisotopic (exact) mass is 302 g/mol. The van der Waals surface area contributed by atoms with Crippen LogP contribution >= 0.6 is 0 Å². The minimum Gasteiger partial charge on any atom is -0.495 e. The Morgan fingerprint density at radius 3 is 2.77 bits per heavy atom. The van der Waals surface area contributed by atoms with Crippen molar-refractivity contribution in [2.75, 3.05) is 19.0 Å². The summed E-state index contributed by atoms with van der Waals surface area (Å²) in [4.78, 5) is 23.8. The lowest BCUT2D eigenvalue weighted by Gasteiger charge is -2.18. The van der Waals surface area contributed by atoms with Gasteiger partial charge in [0.25, 0.3) is 0 Å². The van der Waals surface area contributed by atoms with Gasteiger partial charge in [-0.25, -0.2) is 0 Å². The molecule has 0 bridgehead atoms. The van der Waals surface area contributed by atoms with Gasteiger partial charge >= 0.3 is 11.8 Å². The first-order chi connectivity index (χ1) is 10.6. The molecule has 0 radical (unpaired) electrons. The number of rotatable bonds is 4. The smallest absolute Gasteiger partial charge is 0.313 e. The minimum absolute atomic E-state index is 0.413. The Kier molecular flexibility index (Phi) is 5.58. The molecule has 0 saturated heterocycles. The summed E-state index contributed by atoms with van der Waals surface area (Å²) < 4.78 is 5.21. The molecule has 1 aliphatic carbocycles. The van der Waals surface area contributed by atoms with Gasteiger partial charge in [0.2, 0.25) is 0 Å². The summed E-state index contributed by atoms with van der Waals surface area (Å²) in [5.41, 5.74) is 1.51. The Balaban J connectivity index is 1.88. The summed E-state index contributed by atoms with van der Waals surface area (Å²) in [5, 5.41) is 5.28. The first-order valence-corrected chi connectivity index (χ1v) is 7.49. The van der Waals surface area contributed by atoms with Crippen molar-refractivity contribution in [3.63, 3.8) is 0 Å². The molecule has 0 heterocycles. The van der Waals surface area contributed by atoms with E-state index in [9.17, 15) is 9.59 Å². The lowest BCUT2D eigenvalue weighted by Crippen LogP contribution is -2.38. The predicted molar refractivity (Wildman–Crippen MR) is 85.9 cm³/mol. The van der Waals surface area contributed by atoms with E-state index in [0.717, 1.165) is 24.8 Å². The molecule has 0 fully saturated rings. The molecule has 0 aliphatic heterocycles. The molecule has 1 aliphatic rings. The fraction of sp³-hybridized carbons (Fsp3) is 0.412. The molecule has 1 aromatic rings. The number of allylic oxidation sites excluding steroid dienone is 2. The van der Waals surface area contributed by atoms with E-state index in [2.05, 4.69) is 22.8 Å². The Hall–Kier alpha value is -2.30. The molecule has 0 spiro atoms. The Bertz CT molecular complexity index is 581. The molecule has 22 heavy (non-hydrogen) atoms.